The molecule has 1 aliphatic rings. The van der Waals surface area contributed by atoms with Gasteiger partial charge in [0.1, 0.15) is 5.82 Å². The van der Waals surface area contributed by atoms with Crippen LogP contribution in [-0.2, 0) is 4.79 Å². The molecule has 1 amide bonds. The average molecular weight is 266 g/mol. The monoisotopic (exact) mass is 266 g/mol. The Morgan fingerprint density at radius 1 is 1.53 bits per heavy atom. The first kappa shape index (κ1) is 14.0. The number of hydrogen-bond acceptors (Lipinski definition) is 3. The lowest BCUT2D eigenvalue weighted by atomic mass is 10.1. The van der Waals surface area contributed by atoms with Crippen LogP contribution in [0.2, 0.25) is 0 Å². The number of aliphatic hydroxyl groups excluding tert-OH is 1. The molecule has 5 heteroatoms. The molecular formula is C14H19FN2O2. The second kappa shape index (κ2) is 6.12. The summed E-state index contributed by atoms with van der Waals surface area (Å²) in [5, 5.41) is 12.3. The van der Waals surface area contributed by atoms with Gasteiger partial charge in [-0.15, -0.1) is 0 Å². The number of β-amino-alcohol motifs (C(OH)–C–C–N with tert-alkyl or cyclic N) is 1. The number of hydrogen-bond donors (Lipinski definition) is 2. The van der Waals surface area contributed by atoms with Gasteiger partial charge in [-0.05, 0) is 31.0 Å². The molecule has 0 bridgehead atoms. The van der Waals surface area contributed by atoms with Crippen LogP contribution < -0.4 is 5.32 Å². The van der Waals surface area contributed by atoms with Gasteiger partial charge in [0.05, 0.1) is 18.7 Å². The average Bonchev–Trinajstić information content (AvgIpc) is 2.75. The van der Waals surface area contributed by atoms with Crippen LogP contribution in [0.4, 0.5) is 4.39 Å². The summed E-state index contributed by atoms with van der Waals surface area (Å²) in [5.74, 6) is -0.362. The van der Waals surface area contributed by atoms with Gasteiger partial charge in [0.25, 0.3) is 0 Å². The minimum absolute atomic E-state index is 0.0778. The van der Waals surface area contributed by atoms with E-state index in [1.165, 1.54) is 12.1 Å². The van der Waals surface area contributed by atoms with Gasteiger partial charge in [-0.3, -0.25) is 9.69 Å². The Bertz CT molecular complexity index is 436. The topological polar surface area (TPSA) is 52.6 Å². The molecule has 19 heavy (non-hydrogen) atoms. The first-order chi connectivity index (χ1) is 9.04. The molecule has 1 saturated heterocycles. The number of aliphatic hydroxyl groups is 1. The van der Waals surface area contributed by atoms with Gasteiger partial charge in [0.2, 0.25) is 5.91 Å². The van der Waals surface area contributed by atoms with E-state index < -0.39 is 0 Å². The third-order valence-corrected chi connectivity index (χ3v) is 3.36. The van der Waals surface area contributed by atoms with Crippen LogP contribution in [0.25, 0.3) is 0 Å². The Morgan fingerprint density at radius 2 is 2.21 bits per heavy atom. The number of amides is 1. The normalized spacial score (nSPS) is 21.3. The largest absolute Gasteiger partial charge is 0.392 e. The minimum Gasteiger partial charge on any atom is -0.392 e. The van der Waals surface area contributed by atoms with Crippen LogP contribution in [0.15, 0.2) is 24.3 Å². The van der Waals surface area contributed by atoms with Gasteiger partial charge in [0.15, 0.2) is 0 Å². The molecule has 1 aromatic carbocycles. The lowest BCUT2D eigenvalue weighted by Gasteiger charge is -2.18. The summed E-state index contributed by atoms with van der Waals surface area (Å²) in [6.45, 7) is 3.46. The summed E-state index contributed by atoms with van der Waals surface area (Å²) >= 11 is 0. The third-order valence-electron chi connectivity index (χ3n) is 3.36. The van der Waals surface area contributed by atoms with E-state index in [4.69, 9.17) is 0 Å². The molecule has 1 fully saturated rings. The Hall–Kier alpha value is -1.46. The molecule has 0 radical (unpaired) electrons. The molecule has 1 heterocycles. The lowest BCUT2D eigenvalue weighted by Crippen LogP contribution is -2.37. The van der Waals surface area contributed by atoms with Gasteiger partial charge in [-0.2, -0.15) is 0 Å². The van der Waals surface area contributed by atoms with E-state index in [1.807, 2.05) is 11.8 Å². The molecule has 0 aliphatic carbocycles. The van der Waals surface area contributed by atoms with E-state index in [-0.39, 0.29) is 23.9 Å². The fourth-order valence-electron chi connectivity index (χ4n) is 2.28. The second-order valence-electron chi connectivity index (χ2n) is 5.02. The minimum atomic E-state index is -0.317. The summed E-state index contributed by atoms with van der Waals surface area (Å²) in [6.07, 6.45) is 0.406. The standard InChI is InChI=1S/C14H19FN2O2/c1-10(11-2-4-12(15)5-3-11)16-14(19)9-17-7-6-13(18)8-17/h2-5,10,13,18H,6-9H2,1H3,(H,16,19). The van der Waals surface area contributed by atoms with Crippen molar-refractivity contribution >= 4 is 5.91 Å². The Morgan fingerprint density at radius 3 is 2.79 bits per heavy atom. The third kappa shape index (κ3) is 4.01. The number of benzene rings is 1. The molecule has 0 saturated carbocycles. The highest BCUT2D eigenvalue weighted by Crippen LogP contribution is 2.13. The SMILES string of the molecule is CC(NC(=O)CN1CCC(O)C1)c1ccc(F)cc1. The lowest BCUT2D eigenvalue weighted by molar-refractivity contribution is -0.122. The van der Waals surface area contributed by atoms with E-state index in [1.54, 1.807) is 12.1 Å². The van der Waals surface area contributed by atoms with Crippen molar-refractivity contribution in [1.82, 2.24) is 10.2 Å². The number of carbonyl (C=O) groups excluding carboxylic acids is 1. The molecule has 2 rings (SSSR count). The predicted octanol–water partition coefficient (Wildman–Crippen LogP) is 1.07. The number of nitrogens with zero attached hydrogens (tertiary/aromatic N) is 1. The van der Waals surface area contributed by atoms with E-state index >= 15 is 0 Å². The molecular weight excluding hydrogens is 247 g/mol. The Kier molecular flexibility index (Phi) is 4.50. The molecule has 2 unspecified atom stereocenters. The first-order valence-corrected chi connectivity index (χ1v) is 6.50. The van der Waals surface area contributed by atoms with E-state index in [0.29, 0.717) is 13.1 Å². The van der Waals surface area contributed by atoms with Gasteiger partial charge in [-0.1, -0.05) is 12.1 Å². The fourth-order valence-corrected chi connectivity index (χ4v) is 2.28. The Balaban J connectivity index is 1.83. The zero-order chi connectivity index (χ0) is 13.8. The highest BCUT2D eigenvalue weighted by molar-refractivity contribution is 5.78. The van der Waals surface area contributed by atoms with Crippen LogP contribution in [0.5, 0.6) is 0 Å². The number of nitrogens with one attached hydrogen (secondary N) is 1. The zero-order valence-corrected chi connectivity index (χ0v) is 11.0. The van der Waals surface area contributed by atoms with Crippen LogP contribution in [0, 0.1) is 5.82 Å². The molecule has 0 aromatic heterocycles. The van der Waals surface area contributed by atoms with Crippen molar-refractivity contribution < 1.29 is 14.3 Å². The van der Waals surface area contributed by atoms with Crippen LogP contribution in [0.3, 0.4) is 0 Å². The fraction of sp³-hybridized carbons (Fsp3) is 0.500. The predicted molar refractivity (Wildman–Crippen MR) is 70.0 cm³/mol. The van der Waals surface area contributed by atoms with E-state index in [2.05, 4.69) is 5.32 Å². The highest BCUT2D eigenvalue weighted by Gasteiger charge is 2.22. The molecule has 104 valence electrons. The van der Waals surface area contributed by atoms with Gasteiger partial charge >= 0.3 is 0 Å². The van der Waals surface area contributed by atoms with Crippen molar-refractivity contribution in [1.29, 1.82) is 0 Å². The Labute approximate surface area is 112 Å². The molecule has 2 N–H and O–H groups in total. The molecule has 0 spiro atoms. The quantitative estimate of drug-likeness (QED) is 0.857. The van der Waals surface area contributed by atoms with Gasteiger partial charge < -0.3 is 10.4 Å². The summed E-state index contributed by atoms with van der Waals surface area (Å²) in [5.41, 5.74) is 0.871. The zero-order valence-electron chi connectivity index (χ0n) is 11.0. The smallest absolute Gasteiger partial charge is 0.234 e. The van der Waals surface area contributed by atoms with Crippen molar-refractivity contribution in [3.8, 4) is 0 Å². The number of likely N-dealkylation sites (tertiary alicyclic amines) is 1. The maximum absolute atomic E-state index is 12.8. The van der Waals surface area contributed by atoms with Crippen LogP contribution in [0.1, 0.15) is 24.9 Å². The second-order valence-corrected chi connectivity index (χ2v) is 5.02. The van der Waals surface area contributed by atoms with E-state index in [0.717, 1.165) is 18.5 Å². The highest BCUT2D eigenvalue weighted by atomic mass is 19.1. The number of carbonyl (C=O) groups is 1. The maximum Gasteiger partial charge on any atom is 0.234 e. The van der Waals surface area contributed by atoms with Crippen molar-refractivity contribution in [2.24, 2.45) is 0 Å². The summed E-state index contributed by atoms with van der Waals surface area (Å²) < 4.78 is 12.8. The summed E-state index contributed by atoms with van der Waals surface area (Å²) in [6, 6.07) is 5.95. The van der Waals surface area contributed by atoms with Crippen molar-refractivity contribution in [3.05, 3.63) is 35.6 Å². The molecule has 2 atom stereocenters. The van der Waals surface area contributed by atoms with Crippen molar-refractivity contribution in [2.45, 2.75) is 25.5 Å². The van der Waals surface area contributed by atoms with Gasteiger partial charge in [-0.25, -0.2) is 4.39 Å². The summed E-state index contributed by atoms with van der Waals surface area (Å²) in [4.78, 5) is 13.8. The molecule has 1 aliphatic heterocycles. The van der Waals surface area contributed by atoms with Crippen LogP contribution in [-0.4, -0.2) is 41.7 Å². The van der Waals surface area contributed by atoms with E-state index in [9.17, 15) is 14.3 Å². The van der Waals surface area contributed by atoms with Crippen molar-refractivity contribution in [2.75, 3.05) is 19.6 Å². The van der Waals surface area contributed by atoms with Crippen molar-refractivity contribution in [3.63, 3.8) is 0 Å². The van der Waals surface area contributed by atoms with Gasteiger partial charge in [0, 0.05) is 13.1 Å². The maximum atomic E-state index is 12.8. The number of rotatable bonds is 4. The molecule has 1 aromatic rings. The first-order valence-electron chi connectivity index (χ1n) is 6.50. The molecule has 4 nitrogen and oxygen atoms in total. The number of halogens is 1. The van der Waals surface area contributed by atoms with Crippen LogP contribution >= 0.6 is 0 Å². The summed E-state index contributed by atoms with van der Waals surface area (Å²) in [7, 11) is 0.